The Balaban J connectivity index is 2.12. The smallest absolute Gasteiger partial charge is 0.119 e. The van der Waals surface area contributed by atoms with Gasteiger partial charge in [0.25, 0.3) is 0 Å². The molecule has 18 heavy (non-hydrogen) atoms. The first-order valence-electron chi connectivity index (χ1n) is 6.44. The van der Waals surface area contributed by atoms with Gasteiger partial charge in [0.2, 0.25) is 0 Å². The highest BCUT2D eigenvalue weighted by molar-refractivity contribution is 5.31. The van der Waals surface area contributed by atoms with Crippen molar-refractivity contribution in [2.24, 2.45) is 0 Å². The van der Waals surface area contributed by atoms with Crippen molar-refractivity contribution < 1.29 is 14.2 Å². The summed E-state index contributed by atoms with van der Waals surface area (Å²) in [5, 5.41) is 3.30. The van der Waals surface area contributed by atoms with Gasteiger partial charge in [-0.1, -0.05) is 12.1 Å². The van der Waals surface area contributed by atoms with E-state index in [0.717, 1.165) is 5.75 Å². The van der Waals surface area contributed by atoms with Crippen molar-refractivity contribution >= 4 is 0 Å². The summed E-state index contributed by atoms with van der Waals surface area (Å²) in [6, 6.07) is 8.25. The topological polar surface area (TPSA) is 39.7 Å². The molecule has 4 nitrogen and oxygen atoms in total. The van der Waals surface area contributed by atoms with E-state index in [0.29, 0.717) is 26.4 Å². The van der Waals surface area contributed by atoms with Crippen LogP contribution in [0.1, 0.15) is 18.5 Å². The number of likely N-dealkylation sites (N-methyl/N-ethyl adjacent to an activating group) is 1. The van der Waals surface area contributed by atoms with Crippen molar-refractivity contribution in [1.82, 2.24) is 5.32 Å². The van der Waals surface area contributed by atoms with Crippen LogP contribution in [0.2, 0.25) is 0 Å². The first-order valence-corrected chi connectivity index (χ1v) is 6.44. The molecular weight excluding hydrogens is 230 g/mol. The number of rotatable bonds is 5. The van der Waals surface area contributed by atoms with Gasteiger partial charge in [0.1, 0.15) is 11.9 Å². The molecule has 0 bridgehead atoms. The molecule has 1 aliphatic rings. The minimum atomic E-state index is 0.0561. The van der Waals surface area contributed by atoms with E-state index >= 15 is 0 Å². The average molecular weight is 251 g/mol. The zero-order valence-corrected chi connectivity index (χ0v) is 11.0. The van der Waals surface area contributed by atoms with Gasteiger partial charge < -0.3 is 19.5 Å². The molecule has 2 atom stereocenters. The fourth-order valence-electron chi connectivity index (χ4n) is 2.23. The lowest BCUT2D eigenvalue weighted by molar-refractivity contribution is -0.101. The van der Waals surface area contributed by atoms with Crippen molar-refractivity contribution in [2.75, 3.05) is 33.5 Å². The number of hydrogen-bond acceptors (Lipinski definition) is 4. The maximum atomic E-state index is 5.76. The van der Waals surface area contributed by atoms with Crippen molar-refractivity contribution in [3.05, 3.63) is 29.8 Å². The van der Waals surface area contributed by atoms with Gasteiger partial charge in [-0.05, 0) is 31.7 Å². The lowest BCUT2D eigenvalue weighted by atomic mass is 10.0. The van der Waals surface area contributed by atoms with Crippen LogP contribution >= 0.6 is 0 Å². The van der Waals surface area contributed by atoms with Gasteiger partial charge in [-0.25, -0.2) is 0 Å². The van der Waals surface area contributed by atoms with Crippen LogP contribution in [0.25, 0.3) is 0 Å². The normalized spacial score (nSPS) is 21.6. The Bertz CT molecular complexity index is 364. The van der Waals surface area contributed by atoms with Crippen molar-refractivity contribution in [3.8, 4) is 5.75 Å². The fraction of sp³-hybridized carbons (Fsp3) is 0.571. The van der Waals surface area contributed by atoms with Gasteiger partial charge in [0.05, 0.1) is 32.5 Å². The molecule has 1 aromatic rings. The van der Waals surface area contributed by atoms with Crippen LogP contribution in [0.15, 0.2) is 24.3 Å². The molecule has 0 amide bonds. The lowest BCUT2D eigenvalue weighted by Gasteiger charge is -2.30. The Hall–Kier alpha value is -1.10. The summed E-state index contributed by atoms with van der Waals surface area (Å²) in [7, 11) is 1.94. The van der Waals surface area contributed by atoms with Gasteiger partial charge in [0, 0.05) is 0 Å². The van der Waals surface area contributed by atoms with Gasteiger partial charge in [-0.15, -0.1) is 0 Å². The molecule has 4 heteroatoms. The largest absolute Gasteiger partial charge is 0.494 e. The summed E-state index contributed by atoms with van der Waals surface area (Å²) in [4.78, 5) is 0. The Kier molecular flexibility index (Phi) is 4.99. The van der Waals surface area contributed by atoms with Crippen LogP contribution in [-0.2, 0) is 9.47 Å². The molecule has 1 fully saturated rings. The second-order valence-electron chi connectivity index (χ2n) is 4.26. The molecule has 0 aromatic heterocycles. The number of ether oxygens (including phenoxy) is 3. The summed E-state index contributed by atoms with van der Waals surface area (Å²) in [5.74, 6) is 0.895. The zero-order chi connectivity index (χ0) is 12.8. The highest BCUT2D eigenvalue weighted by Gasteiger charge is 2.25. The Morgan fingerprint density at radius 3 is 3.00 bits per heavy atom. The molecule has 0 radical (unpaired) electrons. The highest BCUT2D eigenvalue weighted by atomic mass is 16.6. The Labute approximate surface area is 108 Å². The van der Waals surface area contributed by atoms with Crippen LogP contribution in [0, 0.1) is 0 Å². The van der Waals surface area contributed by atoms with E-state index in [1.54, 1.807) is 0 Å². The van der Waals surface area contributed by atoms with Gasteiger partial charge in [0.15, 0.2) is 0 Å². The lowest BCUT2D eigenvalue weighted by Crippen LogP contribution is -2.39. The summed E-state index contributed by atoms with van der Waals surface area (Å²) in [6.07, 6.45) is 0.0561. The minimum Gasteiger partial charge on any atom is -0.494 e. The molecule has 1 aliphatic heterocycles. The maximum absolute atomic E-state index is 5.76. The van der Waals surface area contributed by atoms with Crippen molar-refractivity contribution in [3.63, 3.8) is 0 Å². The number of benzene rings is 1. The van der Waals surface area contributed by atoms with E-state index in [1.807, 2.05) is 26.1 Å². The summed E-state index contributed by atoms with van der Waals surface area (Å²) >= 11 is 0. The standard InChI is InChI=1S/C14H21NO3/c1-3-17-12-6-4-5-11(9-12)14(15-2)13-10-16-7-8-18-13/h4-6,9,13-15H,3,7-8,10H2,1-2H3. The monoisotopic (exact) mass is 251 g/mol. The predicted molar refractivity (Wildman–Crippen MR) is 70.0 cm³/mol. The zero-order valence-electron chi connectivity index (χ0n) is 11.0. The van der Waals surface area contributed by atoms with Crippen LogP contribution in [0.4, 0.5) is 0 Å². The van der Waals surface area contributed by atoms with Crippen molar-refractivity contribution in [1.29, 1.82) is 0 Å². The number of nitrogens with one attached hydrogen (secondary N) is 1. The molecule has 1 heterocycles. The maximum Gasteiger partial charge on any atom is 0.119 e. The second-order valence-corrected chi connectivity index (χ2v) is 4.26. The SMILES string of the molecule is CCOc1cccc(C(NC)C2COCCO2)c1. The summed E-state index contributed by atoms with van der Waals surface area (Å²) in [5.41, 5.74) is 1.17. The fourth-order valence-corrected chi connectivity index (χ4v) is 2.23. The molecule has 1 saturated heterocycles. The first-order chi connectivity index (χ1) is 8.85. The van der Waals surface area contributed by atoms with E-state index < -0.39 is 0 Å². The summed E-state index contributed by atoms with van der Waals surface area (Å²) in [6.45, 7) is 4.64. The van der Waals surface area contributed by atoms with E-state index in [4.69, 9.17) is 14.2 Å². The molecule has 1 N–H and O–H groups in total. The summed E-state index contributed by atoms with van der Waals surface area (Å²) < 4.78 is 16.8. The van der Waals surface area contributed by atoms with Crippen molar-refractivity contribution in [2.45, 2.75) is 19.1 Å². The van der Waals surface area contributed by atoms with Crippen LogP contribution in [-0.4, -0.2) is 39.6 Å². The molecule has 2 unspecified atom stereocenters. The molecule has 100 valence electrons. The molecule has 0 saturated carbocycles. The predicted octanol–water partition coefficient (Wildman–Crippen LogP) is 1.76. The number of hydrogen-bond donors (Lipinski definition) is 1. The minimum absolute atomic E-state index is 0.0561. The van der Waals surface area contributed by atoms with E-state index in [2.05, 4.69) is 17.4 Å². The van der Waals surface area contributed by atoms with Gasteiger partial charge >= 0.3 is 0 Å². The molecule has 0 aliphatic carbocycles. The van der Waals surface area contributed by atoms with Crippen LogP contribution < -0.4 is 10.1 Å². The first kappa shape index (κ1) is 13.3. The Morgan fingerprint density at radius 1 is 1.44 bits per heavy atom. The van der Waals surface area contributed by atoms with Gasteiger partial charge in [-0.2, -0.15) is 0 Å². The highest BCUT2D eigenvalue weighted by Crippen LogP contribution is 2.24. The third-order valence-corrected chi connectivity index (χ3v) is 3.05. The van der Waals surface area contributed by atoms with E-state index in [1.165, 1.54) is 5.56 Å². The second kappa shape index (κ2) is 6.73. The van der Waals surface area contributed by atoms with Crippen LogP contribution in [0.3, 0.4) is 0 Å². The van der Waals surface area contributed by atoms with E-state index in [-0.39, 0.29) is 12.1 Å². The quantitative estimate of drug-likeness (QED) is 0.865. The Morgan fingerprint density at radius 2 is 2.33 bits per heavy atom. The van der Waals surface area contributed by atoms with E-state index in [9.17, 15) is 0 Å². The average Bonchev–Trinajstić information content (AvgIpc) is 2.42. The molecule has 1 aromatic carbocycles. The molecule has 0 spiro atoms. The van der Waals surface area contributed by atoms with Crippen LogP contribution in [0.5, 0.6) is 5.75 Å². The third kappa shape index (κ3) is 3.22. The molecular formula is C14H21NO3. The molecule has 2 rings (SSSR count). The third-order valence-electron chi connectivity index (χ3n) is 3.05. The van der Waals surface area contributed by atoms with Gasteiger partial charge in [-0.3, -0.25) is 0 Å².